The van der Waals surface area contributed by atoms with Crippen molar-refractivity contribution in [3.63, 3.8) is 0 Å². The number of esters is 1. The van der Waals surface area contributed by atoms with Gasteiger partial charge in [-0.15, -0.1) is 0 Å². The minimum atomic E-state index is -0.840. The lowest BCUT2D eigenvalue weighted by Gasteiger charge is -2.61. The average molecular weight is 604 g/mol. The standard InChI is InChI=1S/C36H61NO6/c1-24(41-15)35(12,22-31(2,3)4)33(8,9)34(10,11)36(13,23-32(5,6)7)30(40)42-20-16-19-37(14)29(39)28-25(21-38)26-17-18-27(28)43-26/h17-18,21,25-28H,1,16,19-20,22-23H2,2-15H3. The van der Waals surface area contributed by atoms with Gasteiger partial charge < -0.3 is 23.9 Å². The maximum atomic E-state index is 14.2. The van der Waals surface area contributed by atoms with Crippen molar-refractivity contribution in [1.82, 2.24) is 4.90 Å². The van der Waals surface area contributed by atoms with Gasteiger partial charge in [0.05, 0.1) is 48.9 Å². The van der Waals surface area contributed by atoms with Gasteiger partial charge >= 0.3 is 5.97 Å². The lowest BCUT2D eigenvalue weighted by Crippen LogP contribution is -2.58. The van der Waals surface area contributed by atoms with Crippen LogP contribution in [0.4, 0.5) is 0 Å². The quantitative estimate of drug-likeness (QED) is 0.0684. The number of ether oxygens (including phenoxy) is 3. The molecule has 0 aromatic carbocycles. The van der Waals surface area contributed by atoms with Crippen LogP contribution in [0.5, 0.6) is 0 Å². The lowest BCUT2D eigenvalue weighted by atomic mass is 9.43. The zero-order valence-electron chi connectivity index (χ0n) is 29.7. The van der Waals surface area contributed by atoms with Crippen LogP contribution in [0.1, 0.15) is 102 Å². The highest BCUT2D eigenvalue weighted by Crippen LogP contribution is 2.65. The molecule has 2 bridgehead atoms. The molecule has 43 heavy (non-hydrogen) atoms. The molecular weight excluding hydrogens is 542 g/mol. The van der Waals surface area contributed by atoms with Crippen LogP contribution in [-0.2, 0) is 28.6 Å². The first-order valence-electron chi connectivity index (χ1n) is 15.8. The number of aldehydes is 1. The third-order valence-electron chi connectivity index (χ3n) is 11.0. The van der Waals surface area contributed by atoms with Crippen LogP contribution in [0, 0.1) is 44.3 Å². The third-order valence-corrected chi connectivity index (χ3v) is 11.0. The molecular formula is C36H61NO6. The van der Waals surface area contributed by atoms with Crippen molar-refractivity contribution < 1.29 is 28.6 Å². The van der Waals surface area contributed by atoms with E-state index < -0.39 is 33.5 Å². The summed E-state index contributed by atoms with van der Waals surface area (Å²) in [6, 6.07) is 0. The monoisotopic (exact) mass is 603 g/mol. The van der Waals surface area contributed by atoms with E-state index in [-0.39, 0.29) is 41.5 Å². The number of hydrogen-bond acceptors (Lipinski definition) is 6. The van der Waals surface area contributed by atoms with Crippen molar-refractivity contribution >= 4 is 18.2 Å². The van der Waals surface area contributed by atoms with Crippen molar-refractivity contribution in [2.75, 3.05) is 27.3 Å². The summed E-state index contributed by atoms with van der Waals surface area (Å²) >= 11 is 0. The van der Waals surface area contributed by atoms with Crippen LogP contribution in [0.15, 0.2) is 24.5 Å². The first-order chi connectivity index (χ1) is 19.4. The summed E-state index contributed by atoms with van der Waals surface area (Å²) in [5, 5.41) is 0. The normalized spacial score (nSPS) is 25.1. The van der Waals surface area contributed by atoms with Crippen LogP contribution in [-0.4, -0.2) is 62.6 Å². The SMILES string of the molecule is C=C(OC)C(C)(CC(C)(C)C)C(C)(C)C(C)(C)C(C)(CC(C)(C)C)C(=O)OCCCN(C)C(=O)C1C2C=CC(O2)C1C=O. The number of methoxy groups -OCH3 is 1. The number of hydrogen-bond donors (Lipinski definition) is 0. The Balaban J connectivity index is 2.26. The van der Waals surface area contributed by atoms with Crippen molar-refractivity contribution in [3.8, 4) is 0 Å². The zero-order valence-corrected chi connectivity index (χ0v) is 29.7. The van der Waals surface area contributed by atoms with Gasteiger partial charge in [0.1, 0.15) is 6.29 Å². The number of carbonyl (C=O) groups excluding carboxylic acids is 3. The second kappa shape index (κ2) is 12.7. The van der Waals surface area contributed by atoms with Gasteiger partial charge in [-0.05, 0) is 47.8 Å². The summed E-state index contributed by atoms with van der Waals surface area (Å²) in [6.45, 7) is 31.2. The van der Waals surface area contributed by atoms with E-state index in [1.165, 1.54) is 0 Å². The molecule has 0 aromatic rings. The molecule has 2 rings (SSSR count). The maximum Gasteiger partial charge on any atom is 0.312 e. The molecule has 7 nitrogen and oxygen atoms in total. The molecule has 7 heteroatoms. The molecule has 246 valence electrons. The predicted octanol–water partition coefficient (Wildman–Crippen LogP) is 7.24. The first kappa shape index (κ1) is 37.0. The molecule has 0 N–H and O–H groups in total. The second-order valence-corrected chi connectivity index (χ2v) is 17.0. The minimum Gasteiger partial charge on any atom is -0.501 e. The molecule has 1 saturated heterocycles. The van der Waals surface area contributed by atoms with Crippen LogP contribution in [0.3, 0.4) is 0 Å². The number of carbonyl (C=O) groups is 3. The maximum absolute atomic E-state index is 14.2. The molecule has 0 aliphatic carbocycles. The van der Waals surface area contributed by atoms with Gasteiger partial charge in [-0.3, -0.25) is 9.59 Å². The van der Waals surface area contributed by atoms with Crippen molar-refractivity contribution in [2.24, 2.45) is 44.3 Å². The van der Waals surface area contributed by atoms with Crippen LogP contribution in [0.25, 0.3) is 0 Å². The molecule has 0 spiro atoms. The Morgan fingerprint density at radius 3 is 1.84 bits per heavy atom. The minimum absolute atomic E-state index is 0.000162. The summed E-state index contributed by atoms with van der Waals surface area (Å²) in [5.41, 5.74) is -2.40. The van der Waals surface area contributed by atoms with Crippen molar-refractivity contribution in [1.29, 1.82) is 0 Å². The van der Waals surface area contributed by atoms with Crippen LogP contribution < -0.4 is 0 Å². The number of amides is 1. The fraction of sp³-hybridized carbons (Fsp3) is 0.806. The van der Waals surface area contributed by atoms with E-state index in [0.717, 1.165) is 12.7 Å². The molecule has 2 aliphatic rings. The highest BCUT2D eigenvalue weighted by molar-refractivity contribution is 5.84. The number of rotatable bonds is 14. The van der Waals surface area contributed by atoms with E-state index in [0.29, 0.717) is 25.1 Å². The van der Waals surface area contributed by atoms with E-state index in [9.17, 15) is 14.4 Å². The van der Waals surface area contributed by atoms with Gasteiger partial charge in [0.15, 0.2) is 0 Å². The van der Waals surface area contributed by atoms with Gasteiger partial charge in [0.2, 0.25) is 5.91 Å². The summed E-state index contributed by atoms with van der Waals surface area (Å²) < 4.78 is 17.6. The smallest absolute Gasteiger partial charge is 0.312 e. The molecule has 2 aliphatic heterocycles. The average Bonchev–Trinajstić information content (AvgIpc) is 3.49. The Bertz CT molecular complexity index is 1080. The van der Waals surface area contributed by atoms with E-state index >= 15 is 0 Å². The third kappa shape index (κ3) is 7.23. The second-order valence-electron chi connectivity index (χ2n) is 17.0. The van der Waals surface area contributed by atoms with Crippen LogP contribution >= 0.6 is 0 Å². The Morgan fingerprint density at radius 2 is 1.35 bits per heavy atom. The summed E-state index contributed by atoms with van der Waals surface area (Å²) in [7, 11) is 3.41. The van der Waals surface area contributed by atoms with Crippen LogP contribution in [0.2, 0.25) is 0 Å². The Hall–Kier alpha value is -2.15. The Morgan fingerprint density at radius 1 is 0.860 bits per heavy atom. The number of fused-ring (bicyclic) bond motifs is 2. The fourth-order valence-electron chi connectivity index (χ4n) is 7.74. The first-order valence-corrected chi connectivity index (χ1v) is 15.8. The van der Waals surface area contributed by atoms with E-state index in [2.05, 4.69) is 82.7 Å². The summed E-state index contributed by atoms with van der Waals surface area (Å²) in [6.07, 6.45) is 5.86. The van der Waals surface area contributed by atoms with E-state index in [1.807, 2.05) is 19.1 Å². The van der Waals surface area contributed by atoms with Gasteiger partial charge in [-0.1, -0.05) is 94.9 Å². The number of nitrogens with zero attached hydrogens (tertiary/aromatic N) is 1. The van der Waals surface area contributed by atoms with Gasteiger partial charge in [-0.2, -0.15) is 0 Å². The molecule has 0 aromatic heterocycles. The Labute approximate surface area is 262 Å². The van der Waals surface area contributed by atoms with Gasteiger partial charge in [-0.25, -0.2) is 0 Å². The summed E-state index contributed by atoms with van der Waals surface area (Å²) in [5.74, 6) is -0.583. The van der Waals surface area contributed by atoms with E-state index in [4.69, 9.17) is 14.2 Å². The van der Waals surface area contributed by atoms with E-state index in [1.54, 1.807) is 19.1 Å². The molecule has 0 saturated carbocycles. The Kier molecular flexibility index (Phi) is 10.9. The zero-order chi connectivity index (χ0) is 33.4. The topological polar surface area (TPSA) is 82.1 Å². The number of allylic oxidation sites excluding steroid dienone is 1. The molecule has 1 fully saturated rings. The molecule has 2 heterocycles. The lowest BCUT2D eigenvalue weighted by molar-refractivity contribution is -0.184. The fourth-order valence-corrected chi connectivity index (χ4v) is 7.74. The van der Waals surface area contributed by atoms with Gasteiger partial charge in [0.25, 0.3) is 0 Å². The molecule has 1 amide bonds. The molecule has 6 atom stereocenters. The highest BCUT2D eigenvalue weighted by atomic mass is 16.5. The van der Waals surface area contributed by atoms with Gasteiger partial charge in [0, 0.05) is 19.0 Å². The van der Waals surface area contributed by atoms with Crippen molar-refractivity contribution in [3.05, 3.63) is 24.5 Å². The van der Waals surface area contributed by atoms with Crippen molar-refractivity contribution in [2.45, 2.75) is 115 Å². The molecule has 6 unspecified atom stereocenters. The largest absolute Gasteiger partial charge is 0.501 e. The summed E-state index contributed by atoms with van der Waals surface area (Å²) in [4.78, 5) is 40.7. The predicted molar refractivity (Wildman–Crippen MR) is 172 cm³/mol. The molecule has 0 radical (unpaired) electrons. The highest BCUT2D eigenvalue weighted by Gasteiger charge is 2.63.